The second-order valence-electron chi connectivity index (χ2n) is 7.46. The lowest BCUT2D eigenvalue weighted by Gasteiger charge is -2.20. The molecule has 0 radical (unpaired) electrons. The van der Waals surface area contributed by atoms with Crippen LogP contribution < -0.4 is 4.80 Å². The summed E-state index contributed by atoms with van der Waals surface area (Å²) in [6.45, 7) is 3.71. The predicted molar refractivity (Wildman–Crippen MR) is 121 cm³/mol. The van der Waals surface area contributed by atoms with Crippen LogP contribution in [-0.4, -0.2) is 49.5 Å². The minimum Gasteiger partial charge on any atom is -0.377 e. The average Bonchev–Trinajstić information content (AvgIpc) is 3.40. The minimum absolute atomic E-state index is 0.0639. The van der Waals surface area contributed by atoms with Crippen LogP contribution in [0, 0.1) is 0 Å². The molecule has 1 saturated heterocycles. The van der Waals surface area contributed by atoms with Gasteiger partial charge in [0.1, 0.15) is 0 Å². The van der Waals surface area contributed by atoms with Gasteiger partial charge in [0.05, 0.1) is 21.2 Å². The van der Waals surface area contributed by atoms with Crippen molar-refractivity contribution >= 4 is 37.5 Å². The quantitative estimate of drug-likeness (QED) is 0.567. The number of amides is 1. The van der Waals surface area contributed by atoms with Crippen LogP contribution in [0.4, 0.5) is 0 Å². The van der Waals surface area contributed by atoms with Crippen LogP contribution in [0.2, 0.25) is 0 Å². The van der Waals surface area contributed by atoms with Crippen molar-refractivity contribution < 1.29 is 17.9 Å². The van der Waals surface area contributed by atoms with Crippen LogP contribution in [0.1, 0.15) is 30.1 Å². The molecule has 31 heavy (non-hydrogen) atoms. The molecule has 1 atom stereocenters. The number of hydrogen-bond acceptors (Lipinski definition) is 5. The molecule has 1 fully saturated rings. The zero-order valence-electron chi connectivity index (χ0n) is 17.5. The van der Waals surface area contributed by atoms with E-state index in [9.17, 15) is 13.2 Å². The second-order valence-corrected chi connectivity index (χ2v) is 10.5. The molecule has 3 aromatic rings. The van der Waals surface area contributed by atoms with Gasteiger partial charge in [0, 0.05) is 32.3 Å². The van der Waals surface area contributed by atoms with Crippen LogP contribution in [0.25, 0.3) is 10.2 Å². The van der Waals surface area contributed by atoms with Crippen molar-refractivity contribution in [1.29, 1.82) is 0 Å². The molecule has 0 N–H and O–H groups in total. The molecule has 4 rings (SSSR count). The van der Waals surface area contributed by atoms with E-state index in [0.29, 0.717) is 30.1 Å². The fourth-order valence-electron chi connectivity index (χ4n) is 3.69. The third kappa shape index (κ3) is 4.50. The van der Waals surface area contributed by atoms with E-state index < -0.39 is 15.9 Å². The number of para-hydroxylation sites is 1. The van der Waals surface area contributed by atoms with Crippen molar-refractivity contribution in [2.75, 3.05) is 20.2 Å². The summed E-state index contributed by atoms with van der Waals surface area (Å²) in [6, 6.07) is 13.9. The van der Waals surface area contributed by atoms with E-state index >= 15 is 0 Å². The molecule has 1 unspecified atom stereocenters. The zero-order valence-corrected chi connectivity index (χ0v) is 19.2. The van der Waals surface area contributed by atoms with Gasteiger partial charge < -0.3 is 9.30 Å². The Bertz CT molecular complexity index is 1250. The summed E-state index contributed by atoms with van der Waals surface area (Å²) in [5, 5.41) is 0. The highest BCUT2D eigenvalue weighted by Crippen LogP contribution is 2.20. The van der Waals surface area contributed by atoms with Crippen molar-refractivity contribution in [1.82, 2.24) is 8.87 Å². The smallest absolute Gasteiger partial charge is 0.279 e. The Morgan fingerprint density at radius 3 is 2.65 bits per heavy atom. The number of nitrogens with zero attached hydrogens (tertiary/aromatic N) is 3. The molecule has 9 heteroatoms. The van der Waals surface area contributed by atoms with Crippen LogP contribution in [0.15, 0.2) is 58.4 Å². The number of fused-ring (bicyclic) bond motifs is 1. The van der Waals surface area contributed by atoms with E-state index in [4.69, 9.17) is 4.74 Å². The van der Waals surface area contributed by atoms with Gasteiger partial charge in [-0.25, -0.2) is 8.42 Å². The van der Waals surface area contributed by atoms with E-state index in [-0.39, 0.29) is 11.0 Å². The lowest BCUT2D eigenvalue weighted by molar-refractivity contribution is 0.0979. The maximum Gasteiger partial charge on any atom is 0.279 e. The van der Waals surface area contributed by atoms with E-state index in [2.05, 4.69) is 4.99 Å². The van der Waals surface area contributed by atoms with Gasteiger partial charge in [-0.15, -0.1) is 0 Å². The summed E-state index contributed by atoms with van der Waals surface area (Å²) in [6.07, 6.45) is 1.76. The first kappa shape index (κ1) is 21.9. The Kier molecular flexibility index (Phi) is 6.38. The molecule has 1 aromatic heterocycles. The monoisotopic (exact) mass is 459 g/mol. The second kappa shape index (κ2) is 9.04. The summed E-state index contributed by atoms with van der Waals surface area (Å²) in [5.74, 6) is -0.398. The van der Waals surface area contributed by atoms with Gasteiger partial charge in [-0.2, -0.15) is 9.30 Å². The van der Waals surface area contributed by atoms with Gasteiger partial charge in [0.15, 0.2) is 4.80 Å². The highest BCUT2D eigenvalue weighted by molar-refractivity contribution is 7.89. The lowest BCUT2D eigenvalue weighted by Crippen LogP contribution is -2.34. The maximum atomic E-state index is 12.8. The van der Waals surface area contributed by atoms with Gasteiger partial charge in [-0.3, -0.25) is 4.79 Å². The molecule has 164 valence electrons. The van der Waals surface area contributed by atoms with Gasteiger partial charge in [-0.1, -0.05) is 23.5 Å². The summed E-state index contributed by atoms with van der Waals surface area (Å²) >= 11 is 1.46. The van der Waals surface area contributed by atoms with Gasteiger partial charge in [-0.05, 0) is 56.2 Å². The van der Waals surface area contributed by atoms with Crippen molar-refractivity contribution in [3.05, 3.63) is 58.9 Å². The fraction of sp³-hybridized carbons (Fsp3) is 0.364. The highest BCUT2D eigenvalue weighted by atomic mass is 32.2. The number of ether oxygens (including phenoxy) is 1. The number of thiazole rings is 1. The molecule has 0 spiro atoms. The summed E-state index contributed by atoms with van der Waals surface area (Å²) in [7, 11) is -2.09. The van der Waals surface area contributed by atoms with Crippen LogP contribution in [0.5, 0.6) is 0 Å². The third-order valence-corrected chi connectivity index (χ3v) is 8.29. The first-order valence-electron chi connectivity index (χ1n) is 10.3. The lowest BCUT2D eigenvalue weighted by atomic mass is 10.2. The van der Waals surface area contributed by atoms with Crippen LogP contribution in [0.3, 0.4) is 0 Å². The van der Waals surface area contributed by atoms with E-state index in [0.717, 1.165) is 23.1 Å². The molecular weight excluding hydrogens is 434 g/mol. The molecule has 0 saturated carbocycles. The van der Waals surface area contributed by atoms with E-state index in [1.807, 2.05) is 35.8 Å². The van der Waals surface area contributed by atoms with Gasteiger partial charge >= 0.3 is 0 Å². The number of carbonyl (C=O) groups is 1. The number of hydrogen-bond donors (Lipinski definition) is 0. The zero-order chi connectivity index (χ0) is 22.0. The Morgan fingerprint density at radius 2 is 1.97 bits per heavy atom. The SMILES string of the molecule is CCn1c(=NC(=O)c2ccc(S(=O)(=O)N(C)CC3CCCO3)cc2)sc2ccccc21. The van der Waals surface area contributed by atoms with Gasteiger partial charge in [0.25, 0.3) is 5.91 Å². The molecule has 1 aliphatic rings. The Labute approximate surface area is 185 Å². The number of aryl methyl sites for hydroxylation is 1. The maximum absolute atomic E-state index is 12.8. The molecule has 0 aliphatic carbocycles. The Balaban J connectivity index is 1.56. The summed E-state index contributed by atoms with van der Waals surface area (Å²) in [5.41, 5.74) is 1.39. The Hall–Kier alpha value is -2.33. The summed E-state index contributed by atoms with van der Waals surface area (Å²) < 4.78 is 35.6. The molecule has 1 amide bonds. The first-order chi connectivity index (χ1) is 14.9. The largest absolute Gasteiger partial charge is 0.377 e. The number of aromatic nitrogens is 1. The van der Waals surface area contributed by atoms with Gasteiger partial charge in [0.2, 0.25) is 10.0 Å². The standard InChI is InChI=1S/C22H25N3O4S2/c1-3-25-19-8-4-5-9-20(19)30-22(25)23-21(26)16-10-12-18(13-11-16)31(27,28)24(2)15-17-7-6-14-29-17/h4-5,8-13,17H,3,6-7,14-15H2,1-2H3. The number of benzene rings is 2. The predicted octanol–water partition coefficient (Wildman–Crippen LogP) is 3.26. The molecular formula is C22H25N3O4S2. The summed E-state index contributed by atoms with van der Waals surface area (Å²) in [4.78, 5) is 17.8. The third-order valence-electron chi connectivity index (χ3n) is 5.40. The van der Waals surface area contributed by atoms with Crippen molar-refractivity contribution in [2.24, 2.45) is 4.99 Å². The number of sulfonamides is 1. The highest BCUT2D eigenvalue weighted by Gasteiger charge is 2.26. The van der Waals surface area contributed by atoms with Crippen molar-refractivity contribution in [3.63, 3.8) is 0 Å². The molecule has 2 aromatic carbocycles. The molecule has 1 aliphatic heterocycles. The van der Waals surface area contributed by atoms with Crippen molar-refractivity contribution in [2.45, 2.75) is 37.3 Å². The Morgan fingerprint density at radius 1 is 1.23 bits per heavy atom. The van der Waals surface area contributed by atoms with Crippen LogP contribution in [-0.2, 0) is 21.3 Å². The number of likely N-dealkylation sites (N-methyl/N-ethyl adjacent to an activating group) is 1. The van der Waals surface area contributed by atoms with Crippen LogP contribution >= 0.6 is 11.3 Å². The van der Waals surface area contributed by atoms with E-state index in [1.54, 1.807) is 7.05 Å². The fourth-order valence-corrected chi connectivity index (χ4v) is 5.98. The molecule has 0 bridgehead atoms. The first-order valence-corrected chi connectivity index (χ1v) is 12.5. The minimum atomic E-state index is -3.65. The van der Waals surface area contributed by atoms with E-state index in [1.165, 1.54) is 39.9 Å². The molecule has 7 nitrogen and oxygen atoms in total. The topological polar surface area (TPSA) is 81.0 Å². The molecule has 2 heterocycles. The number of carbonyl (C=O) groups excluding carboxylic acids is 1. The van der Waals surface area contributed by atoms with Crippen molar-refractivity contribution in [3.8, 4) is 0 Å². The number of rotatable bonds is 6. The normalized spacial score (nSPS) is 17.6. The average molecular weight is 460 g/mol.